The molecular formula is C11H14BrNO3S. The molecule has 94 valence electrons. The van der Waals surface area contributed by atoms with Gasteiger partial charge in [-0.1, -0.05) is 6.07 Å². The van der Waals surface area contributed by atoms with Crippen LogP contribution in [0.15, 0.2) is 27.6 Å². The highest BCUT2D eigenvalue weighted by molar-refractivity contribution is 9.10. The fourth-order valence-corrected chi connectivity index (χ4v) is 4.30. The molecule has 1 aromatic carbocycles. The number of morpholine rings is 1. The van der Waals surface area contributed by atoms with E-state index in [0.29, 0.717) is 35.7 Å². The van der Waals surface area contributed by atoms with E-state index < -0.39 is 10.0 Å². The number of hydrogen-bond donors (Lipinski definition) is 0. The van der Waals surface area contributed by atoms with Gasteiger partial charge in [0.15, 0.2) is 0 Å². The third kappa shape index (κ3) is 2.70. The molecule has 17 heavy (non-hydrogen) atoms. The van der Waals surface area contributed by atoms with E-state index in [0.717, 1.165) is 5.56 Å². The highest BCUT2D eigenvalue weighted by Crippen LogP contribution is 2.26. The zero-order valence-electron chi connectivity index (χ0n) is 9.52. The summed E-state index contributed by atoms with van der Waals surface area (Å²) >= 11 is 3.31. The maximum atomic E-state index is 12.4. The molecule has 1 aliphatic rings. The van der Waals surface area contributed by atoms with Gasteiger partial charge in [-0.05, 0) is 40.5 Å². The molecule has 1 aromatic rings. The third-order valence-electron chi connectivity index (χ3n) is 2.68. The molecule has 0 unspecified atom stereocenters. The molecular weight excluding hydrogens is 306 g/mol. The Labute approximate surface area is 110 Å². The fourth-order valence-electron chi connectivity index (χ4n) is 1.74. The summed E-state index contributed by atoms with van der Waals surface area (Å²) in [4.78, 5) is 0.324. The zero-order chi connectivity index (χ0) is 12.5. The van der Waals surface area contributed by atoms with Crippen LogP contribution < -0.4 is 0 Å². The molecule has 0 aliphatic carbocycles. The van der Waals surface area contributed by atoms with Crippen LogP contribution in [0.1, 0.15) is 5.56 Å². The topological polar surface area (TPSA) is 46.6 Å². The van der Waals surface area contributed by atoms with Crippen molar-refractivity contribution in [3.63, 3.8) is 0 Å². The van der Waals surface area contributed by atoms with Crippen LogP contribution in [-0.2, 0) is 14.8 Å². The summed E-state index contributed by atoms with van der Waals surface area (Å²) in [5.74, 6) is 0. The number of ether oxygens (including phenoxy) is 1. The second-order valence-electron chi connectivity index (χ2n) is 3.95. The van der Waals surface area contributed by atoms with Crippen molar-refractivity contribution in [2.75, 3.05) is 26.3 Å². The maximum Gasteiger partial charge on any atom is 0.244 e. The largest absolute Gasteiger partial charge is 0.379 e. The van der Waals surface area contributed by atoms with Crippen molar-refractivity contribution in [1.29, 1.82) is 0 Å². The molecule has 1 saturated heterocycles. The quantitative estimate of drug-likeness (QED) is 0.834. The highest BCUT2D eigenvalue weighted by Gasteiger charge is 2.27. The molecule has 2 rings (SSSR count). The van der Waals surface area contributed by atoms with Gasteiger partial charge in [0.2, 0.25) is 10.0 Å². The monoisotopic (exact) mass is 319 g/mol. The average Bonchev–Trinajstić information content (AvgIpc) is 2.29. The first-order valence-corrected chi connectivity index (χ1v) is 7.59. The smallest absolute Gasteiger partial charge is 0.244 e. The highest BCUT2D eigenvalue weighted by atomic mass is 79.9. The van der Waals surface area contributed by atoms with Crippen LogP contribution in [0, 0.1) is 6.92 Å². The van der Waals surface area contributed by atoms with Gasteiger partial charge in [-0.15, -0.1) is 0 Å². The molecule has 0 amide bonds. The van der Waals surface area contributed by atoms with Crippen LogP contribution in [0.2, 0.25) is 0 Å². The van der Waals surface area contributed by atoms with Gasteiger partial charge in [0.1, 0.15) is 0 Å². The van der Waals surface area contributed by atoms with Crippen molar-refractivity contribution in [3.8, 4) is 0 Å². The minimum Gasteiger partial charge on any atom is -0.379 e. The van der Waals surface area contributed by atoms with E-state index in [4.69, 9.17) is 4.74 Å². The van der Waals surface area contributed by atoms with Gasteiger partial charge in [0.25, 0.3) is 0 Å². The van der Waals surface area contributed by atoms with Gasteiger partial charge in [-0.3, -0.25) is 0 Å². The first-order valence-electron chi connectivity index (χ1n) is 5.36. The lowest BCUT2D eigenvalue weighted by molar-refractivity contribution is 0.0730. The van der Waals surface area contributed by atoms with Crippen molar-refractivity contribution in [2.24, 2.45) is 0 Å². The van der Waals surface area contributed by atoms with Crippen LogP contribution in [0.25, 0.3) is 0 Å². The van der Waals surface area contributed by atoms with Gasteiger partial charge in [0.05, 0.1) is 18.1 Å². The Morgan fingerprint density at radius 1 is 1.29 bits per heavy atom. The third-order valence-corrected chi connectivity index (χ3v) is 5.55. The van der Waals surface area contributed by atoms with Gasteiger partial charge in [-0.25, -0.2) is 8.42 Å². The van der Waals surface area contributed by atoms with Crippen molar-refractivity contribution < 1.29 is 13.2 Å². The standard InChI is InChI=1S/C11H14BrNO3S/c1-9-2-3-11(10(12)8-9)17(14,15)13-4-6-16-7-5-13/h2-3,8H,4-7H2,1H3. The van der Waals surface area contributed by atoms with Crippen LogP contribution in [0.3, 0.4) is 0 Å². The molecule has 0 atom stereocenters. The number of halogens is 1. The maximum absolute atomic E-state index is 12.4. The van der Waals surface area contributed by atoms with Gasteiger partial charge >= 0.3 is 0 Å². The SMILES string of the molecule is Cc1ccc(S(=O)(=O)N2CCOCC2)c(Br)c1. The second kappa shape index (κ2) is 5.06. The summed E-state index contributed by atoms with van der Waals surface area (Å²) < 4.78 is 32.0. The molecule has 0 saturated carbocycles. The van der Waals surface area contributed by atoms with E-state index >= 15 is 0 Å². The zero-order valence-corrected chi connectivity index (χ0v) is 11.9. The first kappa shape index (κ1) is 13.0. The van der Waals surface area contributed by atoms with Crippen LogP contribution in [0.5, 0.6) is 0 Å². The summed E-state index contributed by atoms with van der Waals surface area (Å²) in [6.07, 6.45) is 0. The lowest BCUT2D eigenvalue weighted by Crippen LogP contribution is -2.40. The molecule has 6 heteroatoms. The molecule has 0 aromatic heterocycles. The number of hydrogen-bond acceptors (Lipinski definition) is 3. The summed E-state index contributed by atoms with van der Waals surface area (Å²) in [7, 11) is -3.40. The predicted molar refractivity (Wildman–Crippen MR) is 68.5 cm³/mol. The number of rotatable bonds is 2. The van der Waals surface area contributed by atoms with Crippen molar-refractivity contribution >= 4 is 26.0 Å². The average molecular weight is 320 g/mol. The Morgan fingerprint density at radius 2 is 1.94 bits per heavy atom. The van der Waals surface area contributed by atoms with E-state index in [1.54, 1.807) is 12.1 Å². The molecule has 1 heterocycles. The minimum atomic E-state index is -3.40. The Balaban J connectivity index is 2.37. The molecule has 0 bridgehead atoms. The number of benzene rings is 1. The summed E-state index contributed by atoms with van der Waals surface area (Å²) in [6.45, 7) is 3.69. The molecule has 4 nitrogen and oxygen atoms in total. The summed E-state index contributed by atoms with van der Waals surface area (Å²) in [6, 6.07) is 5.26. The molecule has 0 spiro atoms. The van der Waals surface area contributed by atoms with Gasteiger partial charge in [-0.2, -0.15) is 4.31 Å². The van der Waals surface area contributed by atoms with Crippen LogP contribution >= 0.6 is 15.9 Å². The molecule has 1 fully saturated rings. The predicted octanol–water partition coefficient (Wildman–Crippen LogP) is 1.78. The number of aryl methyl sites for hydroxylation is 1. The number of sulfonamides is 1. The number of nitrogens with zero attached hydrogens (tertiary/aromatic N) is 1. The lowest BCUT2D eigenvalue weighted by atomic mass is 10.2. The van der Waals surface area contributed by atoms with E-state index in [1.165, 1.54) is 4.31 Å². The Kier molecular flexibility index (Phi) is 3.87. The second-order valence-corrected chi connectivity index (χ2v) is 6.71. The molecule has 0 N–H and O–H groups in total. The minimum absolute atomic E-state index is 0.324. The first-order chi connectivity index (χ1) is 8.01. The van der Waals surface area contributed by atoms with E-state index in [1.807, 2.05) is 13.0 Å². The molecule has 0 radical (unpaired) electrons. The lowest BCUT2D eigenvalue weighted by Gasteiger charge is -2.26. The van der Waals surface area contributed by atoms with E-state index in [-0.39, 0.29) is 0 Å². The molecule has 1 aliphatic heterocycles. The van der Waals surface area contributed by atoms with Crippen molar-refractivity contribution in [2.45, 2.75) is 11.8 Å². The van der Waals surface area contributed by atoms with Crippen molar-refractivity contribution in [3.05, 3.63) is 28.2 Å². The van der Waals surface area contributed by atoms with Crippen LogP contribution in [0.4, 0.5) is 0 Å². The Hall–Kier alpha value is -0.430. The Bertz CT molecular complexity index is 509. The van der Waals surface area contributed by atoms with Gasteiger partial charge < -0.3 is 4.74 Å². The van der Waals surface area contributed by atoms with Gasteiger partial charge in [0, 0.05) is 17.6 Å². The Morgan fingerprint density at radius 3 is 2.53 bits per heavy atom. The summed E-state index contributed by atoms with van der Waals surface area (Å²) in [5.41, 5.74) is 1.03. The normalized spacial score (nSPS) is 18.2. The summed E-state index contributed by atoms with van der Waals surface area (Å²) in [5, 5.41) is 0. The van der Waals surface area contributed by atoms with E-state index in [2.05, 4.69) is 15.9 Å². The van der Waals surface area contributed by atoms with Crippen molar-refractivity contribution in [1.82, 2.24) is 4.31 Å². The fraction of sp³-hybridized carbons (Fsp3) is 0.455. The van der Waals surface area contributed by atoms with Crippen LogP contribution in [-0.4, -0.2) is 39.0 Å². The van der Waals surface area contributed by atoms with E-state index in [9.17, 15) is 8.42 Å².